The predicted molar refractivity (Wildman–Crippen MR) is 152 cm³/mol. The highest BCUT2D eigenvalue weighted by Gasteiger charge is 2.36. The molecule has 2 rings (SSSR count). The summed E-state index contributed by atoms with van der Waals surface area (Å²) < 4.78 is 0. The molecule has 1 heterocycles. The molecule has 6 heteroatoms. The molecule has 1 aliphatic carbocycles. The van der Waals surface area contributed by atoms with E-state index in [4.69, 9.17) is 0 Å². The van der Waals surface area contributed by atoms with Crippen LogP contribution < -0.4 is 5.32 Å². The molecule has 1 N–H and O–H groups in total. The highest BCUT2D eigenvalue weighted by atomic mass is 16.2. The van der Waals surface area contributed by atoms with Gasteiger partial charge >= 0.3 is 0 Å². The number of amides is 3. The van der Waals surface area contributed by atoms with Gasteiger partial charge in [0.15, 0.2) is 0 Å². The number of rotatable bonds is 16. The van der Waals surface area contributed by atoms with Crippen LogP contribution in [-0.2, 0) is 14.4 Å². The zero-order valence-corrected chi connectivity index (χ0v) is 24.6. The summed E-state index contributed by atoms with van der Waals surface area (Å²) in [6.07, 6.45) is 19.9. The Kier molecular flexibility index (Phi) is 15.2. The maximum Gasteiger partial charge on any atom is 0.245 e. The van der Waals surface area contributed by atoms with Gasteiger partial charge in [0.2, 0.25) is 17.7 Å². The number of nitrogens with one attached hydrogen (secondary N) is 1. The monoisotopic (exact) mass is 519 g/mol. The van der Waals surface area contributed by atoms with E-state index in [1.54, 1.807) is 0 Å². The zero-order valence-electron chi connectivity index (χ0n) is 24.6. The fourth-order valence-electron chi connectivity index (χ4n) is 5.97. The summed E-state index contributed by atoms with van der Waals surface area (Å²) in [5.74, 6) is 0.462. The third kappa shape index (κ3) is 11.4. The molecular weight excluding hydrogens is 462 g/mol. The van der Waals surface area contributed by atoms with E-state index in [9.17, 15) is 14.4 Å². The predicted octanol–water partition coefficient (Wildman–Crippen LogP) is 6.47. The van der Waals surface area contributed by atoms with E-state index in [0.717, 1.165) is 38.5 Å². The van der Waals surface area contributed by atoms with Crippen LogP contribution in [0.25, 0.3) is 0 Å². The minimum Gasteiger partial charge on any atom is -0.344 e. The lowest BCUT2D eigenvalue weighted by atomic mass is 9.87. The van der Waals surface area contributed by atoms with Crippen molar-refractivity contribution in [2.45, 2.75) is 149 Å². The molecule has 2 atom stereocenters. The molecule has 2 fully saturated rings. The van der Waals surface area contributed by atoms with Gasteiger partial charge in [0.05, 0.1) is 0 Å². The summed E-state index contributed by atoms with van der Waals surface area (Å²) in [5, 5.41) is 3.04. The molecule has 0 spiro atoms. The molecule has 3 amide bonds. The molecule has 1 saturated heterocycles. The summed E-state index contributed by atoms with van der Waals surface area (Å²) in [7, 11) is 0. The van der Waals surface area contributed by atoms with E-state index in [2.05, 4.69) is 19.2 Å². The van der Waals surface area contributed by atoms with Crippen molar-refractivity contribution in [3.63, 3.8) is 0 Å². The number of piperazine rings is 1. The highest BCUT2D eigenvalue weighted by molar-refractivity contribution is 5.88. The van der Waals surface area contributed by atoms with Gasteiger partial charge in [0.25, 0.3) is 0 Å². The molecule has 214 valence electrons. The van der Waals surface area contributed by atoms with Gasteiger partial charge < -0.3 is 15.1 Å². The first-order chi connectivity index (χ1) is 17.8. The quantitative estimate of drug-likeness (QED) is 0.238. The van der Waals surface area contributed by atoms with Gasteiger partial charge in [-0.3, -0.25) is 14.4 Å². The van der Waals surface area contributed by atoms with Crippen LogP contribution in [0.15, 0.2) is 0 Å². The second-order valence-corrected chi connectivity index (χ2v) is 12.1. The molecule has 1 saturated carbocycles. The van der Waals surface area contributed by atoms with Crippen LogP contribution >= 0.6 is 0 Å². The molecule has 2 aliphatic rings. The van der Waals surface area contributed by atoms with Crippen LogP contribution in [0.2, 0.25) is 0 Å². The van der Waals surface area contributed by atoms with E-state index in [0.29, 0.717) is 26.1 Å². The lowest BCUT2D eigenvalue weighted by molar-refractivity contribution is -0.147. The van der Waals surface area contributed by atoms with Crippen molar-refractivity contribution >= 4 is 17.7 Å². The number of carbonyl (C=O) groups is 3. The smallest absolute Gasteiger partial charge is 0.245 e. The number of hydrogen-bond donors (Lipinski definition) is 1. The van der Waals surface area contributed by atoms with Crippen LogP contribution in [0, 0.1) is 11.8 Å². The van der Waals surface area contributed by atoms with Crippen LogP contribution in [0.1, 0.15) is 137 Å². The van der Waals surface area contributed by atoms with E-state index >= 15 is 0 Å². The molecule has 0 bridgehead atoms. The number of unbranched alkanes of at least 4 members (excludes halogenated alkanes) is 10. The maximum absolute atomic E-state index is 13.4. The van der Waals surface area contributed by atoms with Crippen LogP contribution in [0.5, 0.6) is 0 Å². The Morgan fingerprint density at radius 3 is 1.92 bits per heavy atom. The van der Waals surface area contributed by atoms with E-state index in [1.807, 2.05) is 23.6 Å². The average molecular weight is 520 g/mol. The zero-order chi connectivity index (χ0) is 27.0. The van der Waals surface area contributed by atoms with Crippen molar-refractivity contribution in [3.05, 3.63) is 0 Å². The summed E-state index contributed by atoms with van der Waals surface area (Å²) >= 11 is 0. The van der Waals surface area contributed by atoms with Crippen LogP contribution in [0.3, 0.4) is 0 Å². The maximum atomic E-state index is 13.4. The SMILES string of the molecule is CCCCCCCCCCCCCC(=O)NC(C(=O)N1CCN(C(=O)C2CCCCC2)C(C)C1)C(C)C. The van der Waals surface area contributed by atoms with E-state index in [-0.39, 0.29) is 35.6 Å². The molecule has 0 aromatic rings. The molecule has 0 aromatic heterocycles. The average Bonchev–Trinajstić information content (AvgIpc) is 2.90. The lowest BCUT2D eigenvalue weighted by Crippen LogP contribution is -2.60. The Bertz CT molecular complexity index is 675. The van der Waals surface area contributed by atoms with Gasteiger partial charge in [-0.2, -0.15) is 0 Å². The molecule has 6 nitrogen and oxygen atoms in total. The molecule has 0 radical (unpaired) electrons. The largest absolute Gasteiger partial charge is 0.344 e. The fraction of sp³-hybridized carbons (Fsp3) is 0.903. The minimum absolute atomic E-state index is 0.00102. The van der Waals surface area contributed by atoms with Gasteiger partial charge in [-0.25, -0.2) is 0 Å². The molecule has 0 aromatic carbocycles. The topological polar surface area (TPSA) is 69.7 Å². The highest BCUT2D eigenvalue weighted by Crippen LogP contribution is 2.27. The molecule has 37 heavy (non-hydrogen) atoms. The van der Waals surface area contributed by atoms with E-state index < -0.39 is 6.04 Å². The number of nitrogens with zero attached hydrogens (tertiary/aromatic N) is 2. The second-order valence-electron chi connectivity index (χ2n) is 12.1. The van der Waals surface area contributed by atoms with Crippen molar-refractivity contribution in [2.75, 3.05) is 19.6 Å². The molecule has 2 unspecified atom stereocenters. The summed E-state index contributed by atoms with van der Waals surface area (Å²) in [4.78, 5) is 42.9. The summed E-state index contributed by atoms with van der Waals surface area (Å²) in [6, 6.07) is -0.472. The summed E-state index contributed by atoms with van der Waals surface area (Å²) in [6.45, 7) is 10.0. The first kappa shape index (κ1) is 31.6. The Morgan fingerprint density at radius 1 is 0.811 bits per heavy atom. The van der Waals surface area contributed by atoms with Crippen molar-refractivity contribution in [2.24, 2.45) is 11.8 Å². The van der Waals surface area contributed by atoms with Crippen molar-refractivity contribution < 1.29 is 14.4 Å². The fourth-order valence-corrected chi connectivity index (χ4v) is 5.97. The van der Waals surface area contributed by atoms with Crippen molar-refractivity contribution in [1.82, 2.24) is 15.1 Å². The van der Waals surface area contributed by atoms with Crippen molar-refractivity contribution in [1.29, 1.82) is 0 Å². The standard InChI is InChI=1S/C31H57N3O3/c1-5-6-7-8-9-10-11-12-13-14-18-21-28(35)32-29(25(2)3)31(37)33-22-23-34(26(4)24-33)30(36)27-19-16-15-17-20-27/h25-27,29H,5-24H2,1-4H3,(H,32,35). The van der Waals surface area contributed by atoms with Gasteiger partial charge in [-0.15, -0.1) is 0 Å². The third-order valence-corrected chi connectivity index (χ3v) is 8.43. The van der Waals surface area contributed by atoms with Crippen LogP contribution in [0.4, 0.5) is 0 Å². The minimum atomic E-state index is -0.493. The number of carbonyl (C=O) groups excluding carboxylic acids is 3. The Balaban J connectivity index is 1.67. The van der Waals surface area contributed by atoms with Crippen LogP contribution in [-0.4, -0.2) is 59.2 Å². The Labute approximate surface area is 227 Å². The number of hydrogen-bond acceptors (Lipinski definition) is 3. The molecular formula is C31H57N3O3. The van der Waals surface area contributed by atoms with Gasteiger partial charge in [0.1, 0.15) is 6.04 Å². The Morgan fingerprint density at radius 2 is 1.38 bits per heavy atom. The first-order valence-corrected chi connectivity index (χ1v) is 15.7. The van der Waals surface area contributed by atoms with Gasteiger partial charge in [-0.05, 0) is 32.1 Å². The van der Waals surface area contributed by atoms with Crippen molar-refractivity contribution in [3.8, 4) is 0 Å². The molecule has 1 aliphatic heterocycles. The first-order valence-electron chi connectivity index (χ1n) is 15.7. The lowest BCUT2D eigenvalue weighted by Gasteiger charge is -2.43. The summed E-state index contributed by atoms with van der Waals surface area (Å²) in [5.41, 5.74) is 0. The third-order valence-electron chi connectivity index (χ3n) is 8.43. The van der Waals surface area contributed by atoms with Gasteiger partial charge in [-0.1, -0.05) is 104 Å². The van der Waals surface area contributed by atoms with Gasteiger partial charge in [0, 0.05) is 38.0 Å². The van der Waals surface area contributed by atoms with E-state index in [1.165, 1.54) is 64.2 Å². The Hall–Kier alpha value is -1.59. The second kappa shape index (κ2) is 17.8. The normalized spacial score (nSPS) is 19.8.